The predicted molar refractivity (Wildman–Crippen MR) is 77.8 cm³/mol. The van der Waals surface area contributed by atoms with Crippen molar-refractivity contribution in [1.82, 2.24) is 4.90 Å². The van der Waals surface area contributed by atoms with Gasteiger partial charge in [0.25, 0.3) is 0 Å². The van der Waals surface area contributed by atoms with Crippen LogP contribution in [0.25, 0.3) is 0 Å². The maximum absolute atomic E-state index is 12.3. The fourth-order valence-corrected chi connectivity index (χ4v) is 2.69. The highest BCUT2D eigenvalue weighted by molar-refractivity contribution is 5.77. The fourth-order valence-electron chi connectivity index (χ4n) is 2.69. The Morgan fingerprint density at radius 3 is 2.68 bits per heavy atom. The van der Waals surface area contributed by atoms with E-state index in [-0.39, 0.29) is 17.2 Å². The van der Waals surface area contributed by atoms with Crippen molar-refractivity contribution in [2.45, 2.75) is 32.6 Å². The minimum absolute atomic E-state index is 0.117. The van der Waals surface area contributed by atoms with E-state index in [2.05, 4.69) is 26.0 Å². The van der Waals surface area contributed by atoms with Crippen LogP contribution in [-0.2, 0) is 4.79 Å². The van der Waals surface area contributed by atoms with Gasteiger partial charge in [-0.2, -0.15) is 0 Å². The van der Waals surface area contributed by atoms with Crippen molar-refractivity contribution in [2.24, 2.45) is 11.1 Å². The molecule has 2 atom stereocenters. The maximum Gasteiger partial charge on any atom is 0.223 e. The minimum atomic E-state index is 0.117. The molecule has 104 valence electrons. The molecule has 0 spiro atoms. The van der Waals surface area contributed by atoms with Crippen LogP contribution in [0.5, 0.6) is 0 Å². The first kappa shape index (κ1) is 14.1. The third kappa shape index (κ3) is 3.35. The van der Waals surface area contributed by atoms with Gasteiger partial charge in [0.15, 0.2) is 0 Å². The number of hydrogen-bond donors (Lipinski definition) is 1. The summed E-state index contributed by atoms with van der Waals surface area (Å²) >= 11 is 0. The Kier molecular flexibility index (Phi) is 4.25. The molecule has 3 heteroatoms. The summed E-state index contributed by atoms with van der Waals surface area (Å²) in [5, 5.41) is 0. The van der Waals surface area contributed by atoms with Gasteiger partial charge in [-0.1, -0.05) is 44.2 Å². The van der Waals surface area contributed by atoms with E-state index < -0.39 is 0 Å². The van der Waals surface area contributed by atoms with Crippen LogP contribution in [0, 0.1) is 5.41 Å². The van der Waals surface area contributed by atoms with E-state index in [1.165, 1.54) is 5.56 Å². The van der Waals surface area contributed by atoms with Crippen LogP contribution in [0.4, 0.5) is 0 Å². The Morgan fingerprint density at radius 2 is 2.11 bits per heavy atom. The van der Waals surface area contributed by atoms with E-state index in [0.717, 1.165) is 19.5 Å². The SMILES string of the molecule is CC(CC(=O)N1CCC(C)(CN)C1)c1ccccc1. The predicted octanol–water partition coefficient (Wildman–Crippen LogP) is 2.38. The van der Waals surface area contributed by atoms with Crippen LogP contribution in [0.3, 0.4) is 0 Å². The molecule has 1 fully saturated rings. The molecular formula is C16H24N2O. The molecule has 1 amide bonds. The molecule has 0 saturated carbocycles. The average Bonchev–Trinajstić information content (AvgIpc) is 2.83. The number of amides is 1. The van der Waals surface area contributed by atoms with Gasteiger partial charge in [-0.05, 0) is 29.9 Å². The lowest BCUT2D eigenvalue weighted by Crippen LogP contribution is -2.34. The second-order valence-electron chi connectivity index (χ2n) is 6.10. The van der Waals surface area contributed by atoms with Crippen molar-refractivity contribution in [3.63, 3.8) is 0 Å². The zero-order chi connectivity index (χ0) is 13.9. The molecule has 19 heavy (non-hydrogen) atoms. The molecule has 1 aromatic rings. The van der Waals surface area contributed by atoms with Gasteiger partial charge in [-0.15, -0.1) is 0 Å². The second kappa shape index (κ2) is 5.74. The van der Waals surface area contributed by atoms with Crippen LogP contribution >= 0.6 is 0 Å². The maximum atomic E-state index is 12.3. The normalized spacial score (nSPS) is 24.5. The first-order valence-electron chi connectivity index (χ1n) is 7.07. The molecule has 2 unspecified atom stereocenters. The number of carbonyl (C=O) groups excluding carboxylic acids is 1. The summed E-state index contributed by atoms with van der Waals surface area (Å²) in [5.74, 6) is 0.534. The van der Waals surface area contributed by atoms with E-state index in [1.807, 2.05) is 23.1 Å². The first-order valence-corrected chi connectivity index (χ1v) is 7.07. The third-order valence-electron chi connectivity index (χ3n) is 4.25. The van der Waals surface area contributed by atoms with Crippen LogP contribution in [0.1, 0.15) is 38.2 Å². The van der Waals surface area contributed by atoms with Gasteiger partial charge in [-0.3, -0.25) is 4.79 Å². The van der Waals surface area contributed by atoms with E-state index in [9.17, 15) is 4.79 Å². The first-order chi connectivity index (χ1) is 9.04. The quantitative estimate of drug-likeness (QED) is 0.903. The lowest BCUT2D eigenvalue weighted by Gasteiger charge is -2.23. The Hall–Kier alpha value is -1.35. The molecule has 0 radical (unpaired) electrons. The van der Waals surface area contributed by atoms with Crippen LogP contribution in [0.2, 0.25) is 0 Å². The zero-order valence-corrected chi connectivity index (χ0v) is 11.9. The molecule has 2 N–H and O–H groups in total. The smallest absolute Gasteiger partial charge is 0.223 e. The number of nitrogens with zero attached hydrogens (tertiary/aromatic N) is 1. The molecule has 0 aliphatic carbocycles. The number of carbonyl (C=O) groups is 1. The van der Waals surface area contributed by atoms with Crippen LogP contribution < -0.4 is 5.73 Å². The van der Waals surface area contributed by atoms with E-state index in [1.54, 1.807) is 0 Å². The summed E-state index contributed by atoms with van der Waals surface area (Å²) in [4.78, 5) is 14.3. The molecular weight excluding hydrogens is 236 g/mol. The molecule has 3 nitrogen and oxygen atoms in total. The molecule has 1 aromatic carbocycles. The van der Waals surface area contributed by atoms with Gasteiger partial charge in [-0.25, -0.2) is 0 Å². The molecule has 2 rings (SSSR count). The largest absolute Gasteiger partial charge is 0.342 e. The lowest BCUT2D eigenvalue weighted by atomic mass is 9.90. The number of nitrogens with two attached hydrogens (primary N) is 1. The number of likely N-dealkylation sites (tertiary alicyclic amines) is 1. The van der Waals surface area contributed by atoms with Gasteiger partial charge in [0.05, 0.1) is 0 Å². The highest BCUT2D eigenvalue weighted by Gasteiger charge is 2.34. The van der Waals surface area contributed by atoms with Gasteiger partial charge in [0.2, 0.25) is 5.91 Å². The summed E-state index contributed by atoms with van der Waals surface area (Å²) in [6.07, 6.45) is 1.61. The molecule has 1 saturated heterocycles. The highest BCUT2D eigenvalue weighted by atomic mass is 16.2. The average molecular weight is 260 g/mol. The monoisotopic (exact) mass is 260 g/mol. The number of rotatable bonds is 4. The topological polar surface area (TPSA) is 46.3 Å². The molecule has 0 aromatic heterocycles. The Labute approximate surface area is 115 Å². The van der Waals surface area contributed by atoms with Gasteiger partial charge in [0.1, 0.15) is 0 Å². The number of benzene rings is 1. The Bertz CT molecular complexity index is 432. The number of hydrogen-bond acceptors (Lipinski definition) is 2. The molecule has 0 bridgehead atoms. The third-order valence-corrected chi connectivity index (χ3v) is 4.25. The van der Waals surface area contributed by atoms with Crippen molar-refractivity contribution in [1.29, 1.82) is 0 Å². The van der Waals surface area contributed by atoms with Crippen molar-refractivity contribution in [3.8, 4) is 0 Å². The summed E-state index contributed by atoms with van der Waals surface area (Å²) in [7, 11) is 0. The van der Waals surface area contributed by atoms with Crippen LogP contribution in [-0.4, -0.2) is 30.4 Å². The molecule has 1 aliphatic rings. The zero-order valence-electron chi connectivity index (χ0n) is 11.9. The van der Waals surface area contributed by atoms with Gasteiger partial charge in [0, 0.05) is 19.5 Å². The Balaban J connectivity index is 1.92. The lowest BCUT2D eigenvalue weighted by molar-refractivity contribution is -0.130. The second-order valence-corrected chi connectivity index (χ2v) is 6.10. The summed E-state index contributed by atoms with van der Waals surface area (Å²) in [6.45, 7) is 6.61. The Morgan fingerprint density at radius 1 is 1.42 bits per heavy atom. The highest BCUT2D eigenvalue weighted by Crippen LogP contribution is 2.30. The van der Waals surface area contributed by atoms with Crippen molar-refractivity contribution >= 4 is 5.91 Å². The summed E-state index contributed by atoms with van der Waals surface area (Å²) < 4.78 is 0. The van der Waals surface area contributed by atoms with E-state index in [0.29, 0.717) is 13.0 Å². The van der Waals surface area contributed by atoms with Crippen molar-refractivity contribution < 1.29 is 4.79 Å². The summed E-state index contributed by atoms with van der Waals surface area (Å²) in [6, 6.07) is 10.2. The minimum Gasteiger partial charge on any atom is -0.342 e. The molecule has 1 aliphatic heterocycles. The van der Waals surface area contributed by atoms with Crippen LogP contribution in [0.15, 0.2) is 30.3 Å². The summed E-state index contributed by atoms with van der Waals surface area (Å²) in [5.41, 5.74) is 7.13. The van der Waals surface area contributed by atoms with E-state index >= 15 is 0 Å². The van der Waals surface area contributed by atoms with Crippen molar-refractivity contribution in [2.75, 3.05) is 19.6 Å². The fraction of sp³-hybridized carbons (Fsp3) is 0.562. The van der Waals surface area contributed by atoms with Gasteiger partial charge < -0.3 is 10.6 Å². The molecule has 1 heterocycles. The standard InChI is InChI=1S/C16H24N2O/c1-13(14-6-4-3-5-7-14)10-15(19)18-9-8-16(2,11-17)12-18/h3-7,13H,8-12,17H2,1-2H3. The van der Waals surface area contributed by atoms with Crippen molar-refractivity contribution in [3.05, 3.63) is 35.9 Å². The van der Waals surface area contributed by atoms with E-state index in [4.69, 9.17) is 5.73 Å². The van der Waals surface area contributed by atoms with Gasteiger partial charge >= 0.3 is 0 Å².